The van der Waals surface area contributed by atoms with Crippen molar-refractivity contribution in [2.24, 2.45) is 0 Å². The Balaban J connectivity index is 2.41. The SMILES string of the molecule is CCCn1nccc1C(=O)c1cc(F)c(F)c(F)c1. The maximum atomic E-state index is 13.1. The van der Waals surface area contributed by atoms with Gasteiger partial charge in [0.2, 0.25) is 5.78 Å². The van der Waals surface area contributed by atoms with E-state index in [1.54, 1.807) is 0 Å². The number of carbonyl (C=O) groups excluding carboxylic acids is 1. The van der Waals surface area contributed by atoms with Gasteiger partial charge in [0.25, 0.3) is 0 Å². The van der Waals surface area contributed by atoms with Gasteiger partial charge in [0, 0.05) is 18.3 Å². The second-order valence-corrected chi connectivity index (χ2v) is 4.02. The van der Waals surface area contributed by atoms with Crippen LogP contribution in [-0.4, -0.2) is 15.6 Å². The molecule has 2 aromatic rings. The van der Waals surface area contributed by atoms with Crippen LogP contribution in [0.2, 0.25) is 0 Å². The highest BCUT2D eigenvalue weighted by atomic mass is 19.2. The summed E-state index contributed by atoms with van der Waals surface area (Å²) < 4.78 is 40.5. The van der Waals surface area contributed by atoms with Crippen molar-refractivity contribution in [1.29, 1.82) is 0 Å². The Kier molecular flexibility index (Phi) is 3.69. The van der Waals surface area contributed by atoms with E-state index < -0.39 is 23.2 Å². The fraction of sp³-hybridized carbons (Fsp3) is 0.231. The number of ketones is 1. The van der Waals surface area contributed by atoms with Crippen LogP contribution < -0.4 is 0 Å². The number of rotatable bonds is 4. The van der Waals surface area contributed by atoms with Crippen LogP contribution >= 0.6 is 0 Å². The van der Waals surface area contributed by atoms with Crippen LogP contribution in [0.1, 0.15) is 29.4 Å². The summed E-state index contributed by atoms with van der Waals surface area (Å²) in [6.07, 6.45) is 2.19. The molecule has 0 fully saturated rings. The van der Waals surface area contributed by atoms with E-state index in [-0.39, 0.29) is 11.3 Å². The average molecular weight is 268 g/mol. The van der Waals surface area contributed by atoms with Crippen molar-refractivity contribution in [2.45, 2.75) is 19.9 Å². The normalized spacial score (nSPS) is 10.7. The van der Waals surface area contributed by atoms with Gasteiger partial charge in [-0.1, -0.05) is 6.92 Å². The van der Waals surface area contributed by atoms with Gasteiger partial charge in [-0.15, -0.1) is 0 Å². The molecule has 1 aromatic heterocycles. The smallest absolute Gasteiger partial charge is 0.211 e. The van der Waals surface area contributed by atoms with Crippen LogP contribution in [0.15, 0.2) is 24.4 Å². The van der Waals surface area contributed by atoms with Crippen LogP contribution in [0.5, 0.6) is 0 Å². The number of halogens is 3. The van der Waals surface area contributed by atoms with Gasteiger partial charge in [0.05, 0.1) is 0 Å². The minimum atomic E-state index is -1.58. The van der Waals surface area contributed by atoms with E-state index in [2.05, 4.69) is 5.10 Å². The molecule has 1 aromatic carbocycles. The highest BCUT2D eigenvalue weighted by Gasteiger charge is 2.18. The summed E-state index contributed by atoms with van der Waals surface area (Å²) in [4.78, 5) is 12.1. The molecule has 6 heteroatoms. The fourth-order valence-corrected chi connectivity index (χ4v) is 1.75. The zero-order valence-electron chi connectivity index (χ0n) is 10.2. The number of aromatic nitrogens is 2. The number of hydrogen-bond acceptors (Lipinski definition) is 2. The Labute approximate surface area is 107 Å². The summed E-state index contributed by atoms with van der Waals surface area (Å²) >= 11 is 0. The van der Waals surface area contributed by atoms with Gasteiger partial charge in [-0.2, -0.15) is 5.10 Å². The lowest BCUT2D eigenvalue weighted by Gasteiger charge is -2.06. The van der Waals surface area contributed by atoms with Gasteiger partial charge in [0.15, 0.2) is 17.5 Å². The van der Waals surface area contributed by atoms with E-state index in [0.29, 0.717) is 18.7 Å². The number of aryl methyl sites for hydroxylation is 1. The maximum Gasteiger partial charge on any atom is 0.211 e. The largest absolute Gasteiger partial charge is 0.287 e. The summed E-state index contributed by atoms with van der Waals surface area (Å²) in [6, 6.07) is 2.82. The molecular weight excluding hydrogens is 257 g/mol. The van der Waals surface area contributed by atoms with Crippen LogP contribution in [0, 0.1) is 17.5 Å². The lowest BCUT2D eigenvalue weighted by atomic mass is 10.1. The third-order valence-corrected chi connectivity index (χ3v) is 2.63. The third kappa shape index (κ3) is 2.52. The van der Waals surface area contributed by atoms with E-state index in [4.69, 9.17) is 0 Å². The van der Waals surface area contributed by atoms with Crippen molar-refractivity contribution in [3.63, 3.8) is 0 Å². The Bertz CT molecular complexity index is 599. The predicted molar refractivity (Wildman–Crippen MR) is 62.3 cm³/mol. The number of benzene rings is 1. The van der Waals surface area contributed by atoms with Crippen molar-refractivity contribution in [3.05, 3.63) is 53.1 Å². The minimum absolute atomic E-state index is 0.215. The van der Waals surface area contributed by atoms with Gasteiger partial charge in [0.1, 0.15) is 5.69 Å². The molecule has 19 heavy (non-hydrogen) atoms. The van der Waals surface area contributed by atoms with Crippen molar-refractivity contribution in [1.82, 2.24) is 9.78 Å². The first-order valence-electron chi connectivity index (χ1n) is 5.75. The molecule has 0 N–H and O–H groups in total. The first kappa shape index (κ1) is 13.3. The summed E-state index contributed by atoms with van der Waals surface area (Å²) in [6.45, 7) is 2.42. The van der Waals surface area contributed by atoms with Crippen molar-refractivity contribution in [3.8, 4) is 0 Å². The standard InChI is InChI=1S/C13H11F3N2O/c1-2-5-18-11(3-4-17-18)13(19)8-6-9(14)12(16)10(15)7-8/h3-4,6-7H,2,5H2,1H3. The zero-order valence-corrected chi connectivity index (χ0v) is 10.2. The molecule has 0 saturated heterocycles. The van der Waals surface area contributed by atoms with Crippen molar-refractivity contribution < 1.29 is 18.0 Å². The Morgan fingerprint density at radius 1 is 1.26 bits per heavy atom. The molecule has 0 aliphatic carbocycles. The molecular formula is C13H11F3N2O. The molecule has 0 aliphatic rings. The van der Waals surface area contributed by atoms with E-state index in [9.17, 15) is 18.0 Å². The van der Waals surface area contributed by atoms with E-state index in [1.807, 2.05) is 6.92 Å². The third-order valence-electron chi connectivity index (χ3n) is 2.63. The molecule has 0 unspecified atom stereocenters. The quantitative estimate of drug-likeness (QED) is 0.631. The molecule has 1 heterocycles. The van der Waals surface area contributed by atoms with E-state index >= 15 is 0 Å². The lowest BCUT2D eigenvalue weighted by molar-refractivity contribution is 0.102. The summed E-state index contributed by atoms with van der Waals surface area (Å²) in [5, 5.41) is 3.95. The molecule has 0 spiro atoms. The first-order valence-corrected chi connectivity index (χ1v) is 5.75. The summed E-state index contributed by atoms with van der Waals surface area (Å²) in [5.41, 5.74) is -0.0264. The van der Waals surface area contributed by atoms with Crippen LogP contribution in [0.25, 0.3) is 0 Å². The number of nitrogens with zero attached hydrogens (tertiary/aromatic N) is 2. The maximum absolute atomic E-state index is 13.1. The van der Waals surface area contributed by atoms with Crippen LogP contribution in [0.4, 0.5) is 13.2 Å². The summed E-state index contributed by atoms with van der Waals surface area (Å²) in [5.74, 6) is -4.95. The highest BCUT2D eigenvalue weighted by molar-refractivity contribution is 6.07. The Morgan fingerprint density at radius 2 is 1.89 bits per heavy atom. The van der Waals surface area contributed by atoms with Crippen molar-refractivity contribution in [2.75, 3.05) is 0 Å². The minimum Gasteiger partial charge on any atom is -0.287 e. The lowest BCUT2D eigenvalue weighted by Crippen LogP contribution is -2.12. The van der Waals surface area contributed by atoms with Crippen molar-refractivity contribution >= 4 is 5.78 Å². The van der Waals surface area contributed by atoms with Gasteiger partial charge in [-0.05, 0) is 24.6 Å². The number of hydrogen-bond donors (Lipinski definition) is 0. The molecule has 0 saturated carbocycles. The molecule has 100 valence electrons. The predicted octanol–water partition coefficient (Wildman–Crippen LogP) is 2.94. The molecule has 0 radical (unpaired) electrons. The fourth-order valence-electron chi connectivity index (χ4n) is 1.75. The Hall–Kier alpha value is -2.11. The monoisotopic (exact) mass is 268 g/mol. The second kappa shape index (κ2) is 5.26. The van der Waals surface area contributed by atoms with E-state index in [1.165, 1.54) is 16.9 Å². The first-order chi connectivity index (χ1) is 9.04. The second-order valence-electron chi connectivity index (χ2n) is 4.02. The van der Waals surface area contributed by atoms with Gasteiger partial charge < -0.3 is 0 Å². The van der Waals surface area contributed by atoms with Gasteiger partial charge in [-0.3, -0.25) is 9.48 Å². The van der Waals surface area contributed by atoms with Gasteiger partial charge in [-0.25, -0.2) is 13.2 Å². The van der Waals surface area contributed by atoms with E-state index in [0.717, 1.165) is 6.42 Å². The van der Waals surface area contributed by atoms with Crippen LogP contribution in [-0.2, 0) is 6.54 Å². The van der Waals surface area contributed by atoms with Gasteiger partial charge >= 0.3 is 0 Å². The highest BCUT2D eigenvalue weighted by Crippen LogP contribution is 2.17. The molecule has 0 amide bonds. The molecule has 0 atom stereocenters. The zero-order chi connectivity index (χ0) is 14.0. The average Bonchev–Trinajstić information content (AvgIpc) is 2.83. The van der Waals surface area contributed by atoms with Crippen LogP contribution in [0.3, 0.4) is 0 Å². The molecule has 0 bridgehead atoms. The molecule has 0 aliphatic heterocycles. The topological polar surface area (TPSA) is 34.9 Å². The Morgan fingerprint density at radius 3 is 2.47 bits per heavy atom. The summed E-state index contributed by atoms with van der Waals surface area (Å²) in [7, 11) is 0. The number of carbonyl (C=O) groups is 1. The molecule has 2 rings (SSSR count). The molecule has 3 nitrogen and oxygen atoms in total.